The average Bonchev–Trinajstić information content (AvgIpc) is 2.70. The van der Waals surface area contributed by atoms with Crippen LogP contribution in [0.15, 0.2) is 30.6 Å². The number of rotatable bonds is 2. The van der Waals surface area contributed by atoms with E-state index in [0.29, 0.717) is 11.6 Å². The molecule has 0 radical (unpaired) electrons. The minimum Gasteiger partial charge on any atom is -0.493 e. The maximum atomic E-state index is 5.20. The fraction of sp³-hybridized carbons (Fsp3) is 0.111. The van der Waals surface area contributed by atoms with E-state index in [4.69, 9.17) is 4.74 Å². The van der Waals surface area contributed by atoms with Gasteiger partial charge in [0.25, 0.3) is 0 Å². The molecule has 72 valence electrons. The number of hydrogen-bond donors (Lipinski definition) is 0. The van der Waals surface area contributed by atoms with Gasteiger partial charge in [-0.3, -0.25) is 0 Å². The van der Waals surface area contributed by atoms with Gasteiger partial charge in [0.2, 0.25) is 0 Å². The second kappa shape index (κ2) is 3.95. The number of halogens is 1. The van der Waals surface area contributed by atoms with Crippen molar-refractivity contribution in [3.05, 3.63) is 34.3 Å². The van der Waals surface area contributed by atoms with Crippen molar-refractivity contribution >= 4 is 22.6 Å². The van der Waals surface area contributed by atoms with Crippen molar-refractivity contribution in [2.75, 3.05) is 7.11 Å². The van der Waals surface area contributed by atoms with Gasteiger partial charge < -0.3 is 4.74 Å². The minimum absolute atomic E-state index is 0.712. The quantitative estimate of drug-likeness (QED) is 0.628. The molecule has 2 heterocycles. The van der Waals surface area contributed by atoms with E-state index in [9.17, 15) is 0 Å². The molecule has 0 aliphatic carbocycles. The zero-order valence-electron chi connectivity index (χ0n) is 7.51. The van der Waals surface area contributed by atoms with Crippen LogP contribution >= 0.6 is 22.6 Å². The molecular weight excluding hydrogens is 293 g/mol. The number of aromatic nitrogens is 3. The van der Waals surface area contributed by atoms with Crippen LogP contribution in [0, 0.1) is 3.70 Å². The summed E-state index contributed by atoms with van der Waals surface area (Å²) in [4.78, 5) is 4.35. The first kappa shape index (κ1) is 9.45. The van der Waals surface area contributed by atoms with Gasteiger partial charge in [0.05, 0.1) is 7.11 Å². The second-order valence-corrected chi connectivity index (χ2v) is 3.72. The van der Waals surface area contributed by atoms with Crippen molar-refractivity contribution in [3.8, 4) is 11.6 Å². The predicted molar refractivity (Wildman–Crippen MR) is 60.6 cm³/mol. The highest BCUT2D eigenvalue weighted by Gasteiger charge is 2.06. The summed E-state index contributed by atoms with van der Waals surface area (Å²) >= 11 is 2.16. The summed E-state index contributed by atoms with van der Waals surface area (Å²) < 4.78 is 7.79. The van der Waals surface area contributed by atoms with Gasteiger partial charge in [0.1, 0.15) is 3.70 Å². The Kier molecular flexibility index (Phi) is 2.67. The average molecular weight is 301 g/mol. The number of hydrogen-bond acceptors (Lipinski definition) is 3. The highest BCUT2D eigenvalue weighted by atomic mass is 127. The molecule has 0 atom stereocenters. The minimum atomic E-state index is 0.712. The zero-order chi connectivity index (χ0) is 9.97. The van der Waals surface area contributed by atoms with Crippen molar-refractivity contribution in [3.63, 3.8) is 0 Å². The maximum Gasteiger partial charge on any atom is 0.197 e. The Hall–Kier alpha value is -1.11. The molecule has 2 aromatic rings. The first-order chi connectivity index (χ1) is 6.81. The lowest BCUT2D eigenvalue weighted by Crippen LogP contribution is -2.02. The first-order valence-corrected chi connectivity index (χ1v) is 5.09. The van der Waals surface area contributed by atoms with Crippen molar-refractivity contribution in [2.45, 2.75) is 0 Å². The van der Waals surface area contributed by atoms with Crippen molar-refractivity contribution in [2.24, 2.45) is 0 Å². The van der Waals surface area contributed by atoms with Gasteiger partial charge in [0, 0.05) is 12.4 Å². The molecule has 2 rings (SSSR count). The van der Waals surface area contributed by atoms with E-state index in [1.807, 2.05) is 24.4 Å². The van der Waals surface area contributed by atoms with Crippen LogP contribution in [0.3, 0.4) is 0 Å². The van der Waals surface area contributed by atoms with Crippen LogP contribution in [0.1, 0.15) is 0 Å². The molecule has 0 aliphatic heterocycles. The van der Waals surface area contributed by atoms with Gasteiger partial charge in [-0.2, -0.15) is 5.10 Å². The largest absolute Gasteiger partial charge is 0.493 e. The fourth-order valence-corrected chi connectivity index (χ4v) is 1.54. The summed E-state index contributed by atoms with van der Waals surface area (Å²) in [6, 6.07) is 5.62. The second-order valence-electron chi connectivity index (χ2n) is 2.61. The highest BCUT2D eigenvalue weighted by Crippen LogP contribution is 2.20. The summed E-state index contributed by atoms with van der Waals surface area (Å²) in [6.07, 6.45) is 3.54. The van der Waals surface area contributed by atoms with Crippen LogP contribution in [0.4, 0.5) is 0 Å². The SMILES string of the molecule is COc1ccc(I)nc1-n1cccn1. The summed E-state index contributed by atoms with van der Waals surface area (Å²) in [5.74, 6) is 1.43. The van der Waals surface area contributed by atoms with Gasteiger partial charge >= 0.3 is 0 Å². The Balaban J connectivity index is 2.55. The summed E-state index contributed by atoms with van der Waals surface area (Å²) in [6.45, 7) is 0. The lowest BCUT2D eigenvalue weighted by atomic mass is 10.4. The third-order valence-corrected chi connectivity index (χ3v) is 2.35. The molecule has 0 spiro atoms. The standard InChI is InChI=1S/C9H8IN3O/c1-14-7-3-4-8(10)12-9(7)13-6-2-5-11-13/h2-6H,1H3. The molecule has 0 bridgehead atoms. The Bertz CT molecular complexity index is 428. The first-order valence-electron chi connectivity index (χ1n) is 4.02. The van der Waals surface area contributed by atoms with Gasteiger partial charge in [-0.1, -0.05) is 0 Å². The lowest BCUT2D eigenvalue weighted by Gasteiger charge is -2.06. The molecule has 0 amide bonds. The van der Waals surface area contributed by atoms with Crippen LogP contribution in [-0.2, 0) is 0 Å². The number of methoxy groups -OCH3 is 1. The molecule has 0 unspecified atom stereocenters. The van der Waals surface area contributed by atoms with Crippen LogP contribution in [0.25, 0.3) is 5.82 Å². The van der Waals surface area contributed by atoms with Gasteiger partial charge in [-0.15, -0.1) is 0 Å². The molecule has 5 heteroatoms. The normalized spacial score (nSPS) is 10.1. The molecule has 0 fully saturated rings. The Labute approximate surface area is 95.1 Å². The van der Waals surface area contributed by atoms with E-state index in [0.717, 1.165) is 3.70 Å². The van der Waals surface area contributed by atoms with Crippen LogP contribution < -0.4 is 4.74 Å². The van der Waals surface area contributed by atoms with E-state index in [-0.39, 0.29) is 0 Å². The van der Waals surface area contributed by atoms with E-state index in [1.54, 1.807) is 18.0 Å². The molecule has 0 aromatic carbocycles. The van der Waals surface area contributed by atoms with Crippen molar-refractivity contribution in [1.29, 1.82) is 0 Å². The summed E-state index contributed by atoms with van der Waals surface area (Å²) in [5, 5.41) is 4.11. The topological polar surface area (TPSA) is 39.9 Å². The molecule has 14 heavy (non-hydrogen) atoms. The van der Waals surface area contributed by atoms with Gasteiger partial charge in [-0.05, 0) is 40.8 Å². The molecule has 0 aliphatic rings. The van der Waals surface area contributed by atoms with E-state index < -0.39 is 0 Å². The molecule has 0 saturated carbocycles. The van der Waals surface area contributed by atoms with E-state index in [1.165, 1.54) is 0 Å². The van der Waals surface area contributed by atoms with E-state index in [2.05, 4.69) is 32.7 Å². The number of pyridine rings is 1. The summed E-state index contributed by atoms with van der Waals surface area (Å²) in [7, 11) is 1.62. The molecular formula is C9H8IN3O. The molecule has 0 N–H and O–H groups in total. The number of ether oxygens (including phenoxy) is 1. The highest BCUT2D eigenvalue weighted by molar-refractivity contribution is 14.1. The zero-order valence-corrected chi connectivity index (χ0v) is 9.67. The Morgan fingerprint density at radius 1 is 1.43 bits per heavy atom. The number of nitrogens with zero attached hydrogens (tertiary/aromatic N) is 3. The molecule has 2 aromatic heterocycles. The maximum absolute atomic E-state index is 5.20. The summed E-state index contributed by atoms with van der Waals surface area (Å²) in [5.41, 5.74) is 0. The Morgan fingerprint density at radius 3 is 2.93 bits per heavy atom. The van der Waals surface area contributed by atoms with Crippen LogP contribution in [-0.4, -0.2) is 21.9 Å². The smallest absolute Gasteiger partial charge is 0.197 e. The lowest BCUT2D eigenvalue weighted by molar-refractivity contribution is 0.409. The van der Waals surface area contributed by atoms with Crippen molar-refractivity contribution < 1.29 is 4.74 Å². The van der Waals surface area contributed by atoms with Crippen LogP contribution in [0.2, 0.25) is 0 Å². The molecule has 4 nitrogen and oxygen atoms in total. The van der Waals surface area contributed by atoms with E-state index >= 15 is 0 Å². The molecule has 0 saturated heterocycles. The van der Waals surface area contributed by atoms with Crippen LogP contribution in [0.5, 0.6) is 5.75 Å². The van der Waals surface area contributed by atoms with Crippen molar-refractivity contribution in [1.82, 2.24) is 14.8 Å². The third kappa shape index (κ3) is 1.72. The Morgan fingerprint density at radius 2 is 2.29 bits per heavy atom. The van der Waals surface area contributed by atoms with Gasteiger partial charge in [-0.25, -0.2) is 9.67 Å². The van der Waals surface area contributed by atoms with Gasteiger partial charge in [0.15, 0.2) is 11.6 Å². The fourth-order valence-electron chi connectivity index (χ4n) is 1.13. The monoisotopic (exact) mass is 301 g/mol. The predicted octanol–water partition coefficient (Wildman–Crippen LogP) is 1.88. The third-order valence-electron chi connectivity index (χ3n) is 1.75.